The van der Waals surface area contributed by atoms with Crippen molar-refractivity contribution in [3.8, 4) is 0 Å². The summed E-state index contributed by atoms with van der Waals surface area (Å²) in [6.45, 7) is 2.90. The van der Waals surface area contributed by atoms with Gasteiger partial charge in [0, 0.05) is 23.7 Å². The number of rotatable bonds is 6. The number of benzene rings is 2. The summed E-state index contributed by atoms with van der Waals surface area (Å²) >= 11 is 6.31. The van der Waals surface area contributed by atoms with E-state index in [0.29, 0.717) is 11.8 Å². The molecular formula is C27H26ClNO. The molecule has 0 N–H and O–H groups in total. The fourth-order valence-electron chi connectivity index (χ4n) is 4.76. The van der Waals surface area contributed by atoms with E-state index in [9.17, 15) is 0 Å². The number of allylic oxidation sites excluding steroid dienone is 1. The van der Waals surface area contributed by atoms with Gasteiger partial charge in [0.05, 0.1) is 6.26 Å². The highest BCUT2D eigenvalue weighted by molar-refractivity contribution is 6.30. The van der Waals surface area contributed by atoms with Crippen LogP contribution in [0.4, 0.5) is 0 Å². The Morgan fingerprint density at radius 2 is 2.03 bits per heavy atom. The maximum atomic E-state index is 6.31. The molecule has 1 heterocycles. The molecule has 1 fully saturated rings. The van der Waals surface area contributed by atoms with E-state index in [1.807, 2.05) is 18.2 Å². The van der Waals surface area contributed by atoms with Crippen molar-refractivity contribution in [3.05, 3.63) is 100.0 Å². The number of hydrogen-bond donors (Lipinski definition) is 0. The van der Waals surface area contributed by atoms with Crippen molar-refractivity contribution in [2.45, 2.75) is 38.5 Å². The predicted octanol–water partition coefficient (Wildman–Crippen LogP) is 7.31. The molecule has 3 aromatic rings. The average Bonchev–Trinajstić information content (AvgIpc) is 3.23. The van der Waals surface area contributed by atoms with Gasteiger partial charge in [-0.3, -0.25) is 4.99 Å². The monoisotopic (exact) mass is 415 g/mol. The standard InChI is InChI=1S/C27H26ClNO/c1-18(20-5-2-4-19(14-20)15-24-6-3-13-30-24)29-12-11-22-16-21-7-9-25(21)26-10-8-23(28)17-27(22)26/h2-6,8,10,13-14,16-17,21,25H,7,9,11-12,15H2,1H3. The normalized spacial score (nSPS) is 20.2. The third-order valence-corrected chi connectivity index (χ3v) is 6.77. The Bertz CT molecular complexity index is 1110. The highest BCUT2D eigenvalue weighted by Gasteiger charge is 2.35. The van der Waals surface area contributed by atoms with Crippen molar-refractivity contribution in [1.29, 1.82) is 0 Å². The lowest BCUT2D eigenvalue weighted by molar-refractivity contribution is 0.312. The number of halogens is 1. The smallest absolute Gasteiger partial charge is 0.108 e. The van der Waals surface area contributed by atoms with E-state index in [4.69, 9.17) is 21.0 Å². The molecule has 1 saturated carbocycles. The summed E-state index contributed by atoms with van der Waals surface area (Å²) in [5.74, 6) is 2.39. The van der Waals surface area contributed by atoms with Crippen molar-refractivity contribution in [3.63, 3.8) is 0 Å². The highest BCUT2D eigenvalue weighted by Crippen LogP contribution is 2.50. The van der Waals surface area contributed by atoms with Gasteiger partial charge >= 0.3 is 0 Å². The van der Waals surface area contributed by atoms with E-state index in [2.05, 4.69) is 49.4 Å². The van der Waals surface area contributed by atoms with Crippen molar-refractivity contribution < 1.29 is 4.42 Å². The molecule has 152 valence electrons. The highest BCUT2D eigenvalue weighted by atomic mass is 35.5. The van der Waals surface area contributed by atoms with Crippen molar-refractivity contribution in [1.82, 2.24) is 0 Å². The summed E-state index contributed by atoms with van der Waals surface area (Å²) in [4.78, 5) is 4.90. The Balaban J connectivity index is 1.29. The third kappa shape index (κ3) is 3.89. The van der Waals surface area contributed by atoms with Gasteiger partial charge in [-0.05, 0) is 96.2 Å². The molecule has 2 atom stereocenters. The summed E-state index contributed by atoms with van der Waals surface area (Å²) < 4.78 is 5.48. The van der Waals surface area contributed by atoms with Crippen LogP contribution in [0.2, 0.25) is 5.02 Å². The van der Waals surface area contributed by atoms with Gasteiger partial charge in [0.25, 0.3) is 0 Å². The summed E-state index contributed by atoms with van der Waals surface area (Å²) in [7, 11) is 0. The van der Waals surface area contributed by atoms with Crippen LogP contribution >= 0.6 is 11.6 Å². The predicted molar refractivity (Wildman–Crippen MR) is 125 cm³/mol. The van der Waals surface area contributed by atoms with Crippen molar-refractivity contribution in [2.24, 2.45) is 10.9 Å². The van der Waals surface area contributed by atoms with Crippen molar-refractivity contribution in [2.75, 3.05) is 6.54 Å². The average molecular weight is 416 g/mol. The van der Waals surface area contributed by atoms with E-state index >= 15 is 0 Å². The van der Waals surface area contributed by atoms with Crippen LogP contribution in [0.1, 0.15) is 60.1 Å². The van der Waals surface area contributed by atoms with E-state index in [1.54, 1.807) is 6.26 Å². The fourth-order valence-corrected chi connectivity index (χ4v) is 4.94. The number of hydrogen-bond acceptors (Lipinski definition) is 2. The second-order valence-corrected chi connectivity index (χ2v) is 8.88. The third-order valence-electron chi connectivity index (χ3n) is 6.54. The number of furan rings is 1. The van der Waals surface area contributed by atoms with Crippen LogP contribution in [0.15, 0.2) is 76.3 Å². The molecule has 3 heteroatoms. The first-order valence-electron chi connectivity index (χ1n) is 10.8. The van der Waals surface area contributed by atoms with Gasteiger partial charge in [0.2, 0.25) is 0 Å². The molecule has 0 saturated heterocycles. The minimum Gasteiger partial charge on any atom is -0.469 e. The first kappa shape index (κ1) is 19.4. The Hall–Kier alpha value is -2.58. The summed E-state index contributed by atoms with van der Waals surface area (Å²) in [6.07, 6.45) is 8.58. The Morgan fingerprint density at radius 3 is 2.83 bits per heavy atom. The fraction of sp³-hybridized carbons (Fsp3) is 0.296. The Morgan fingerprint density at radius 1 is 1.10 bits per heavy atom. The van der Waals surface area contributed by atoms with Gasteiger partial charge in [-0.15, -0.1) is 0 Å². The summed E-state index contributed by atoms with van der Waals surface area (Å²) in [5.41, 5.74) is 7.75. The maximum Gasteiger partial charge on any atom is 0.108 e. The van der Waals surface area contributed by atoms with Gasteiger partial charge in [-0.25, -0.2) is 0 Å². The maximum absolute atomic E-state index is 6.31. The molecule has 2 nitrogen and oxygen atoms in total. The molecule has 0 amide bonds. The lowest BCUT2D eigenvalue weighted by atomic mass is 9.64. The van der Waals surface area contributed by atoms with Crippen LogP contribution in [0, 0.1) is 5.92 Å². The van der Waals surface area contributed by atoms with E-state index in [0.717, 1.165) is 35.9 Å². The van der Waals surface area contributed by atoms with Gasteiger partial charge < -0.3 is 4.42 Å². The molecular weight excluding hydrogens is 390 g/mol. The van der Waals surface area contributed by atoms with Gasteiger partial charge in [-0.1, -0.05) is 41.9 Å². The minimum absolute atomic E-state index is 0.697. The van der Waals surface area contributed by atoms with Crippen molar-refractivity contribution >= 4 is 22.9 Å². The molecule has 0 bridgehead atoms. The van der Waals surface area contributed by atoms with Gasteiger partial charge in [0.15, 0.2) is 0 Å². The van der Waals surface area contributed by atoms with Crippen LogP contribution in [0.25, 0.3) is 5.57 Å². The summed E-state index contributed by atoms with van der Waals surface area (Å²) in [6, 6.07) is 19.0. The number of nitrogens with zero attached hydrogens (tertiary/aromatic N) is 1. The zero-order valence-corrected chi connectivity index (χ0v) is 18.0. The zero-order chi connectivity index (χ0) is 20.5. The summed E-state index contributed by atoms with van der Waals surface area (Å²) in [5, 5.41) is 0.825. The zero-order valence-electron chi connectivity index (χ0n) is 17.3. The minimum atomic E-state index is 0.697. The number of aliphatic imine (C=N–C) groups is 1. The number of fused-ring (bicyclic) bond motifs is 3. The largest absolute Gasteiger partial charge is 0.469 e. The Labute approximate surface area is 183 Å². The second-order valence-electron chi connectivity index (χ2n) is 8.44. The molecule has 2 aliphatic rings. The lowest BCUT2D eigenvalue weighted by Crippen LogP contribution is -2.26. The molecule has 1 aromatic heterocycles. The SMILES string of the molecule is CC(=NCCC1=CC2CCC2c2ccc(Cl)cc21)c1cccc(Cc2ccco2)c1. The van der Waals surface area contributed by atoms with E-state index in [1.165, 1.54) is 40.7 Å². The molecule has 0 aliphatic heterocycles. The Kier molecular flexibility index (Phi) is 5.35. The second kappa shape index (κ2) is 8.28. The van der Waals surface area contributed by atoms with Crippen LogP contribution in [0.5, 0.6) is 0 Å². The van der Waals surface area contributed by atoms with Crippen LogP contribution in [0.3, 0.4) is 0 Å². The quantitative estimate of drug-likeness (QED) is 0.387. The molecule has 5 rings (SSSR count). The molecule has 0 radical (unpaired) electrons. The van der Waals surface area contributed by atoms with Gasteiger partial charge in [0.1, 0.15) is 5.76 Å². The molecule has 2 aliphatic carbocycles. The van der Waals surface area contributed by atoms with Crippen LogP contribution in [-0.4, -0.2) is 12.3 Å². The van der Waals surface area contributed by atoms with E-state index < -0.39 is 0 Å². The van der Waals surface area contributed by atoms with E-state index in [-0.39, 0.29) is 0 Å². The molecule has 2 unspecified atom stereocenters. The lowest BCUT2D eigenvalue weighted by Gasteiger charge is -2.40. The van der Waals surface area contributed by atoms with Crippen LogP contribution < -0.4 is 0 Å². The molecule has 2 aromatic carbocycles. The topological polar surface area (TPSA) is 25.5 Å². The molecule has 0 spiro atoms. The van der Waals surface area contributed by atoms with Gasteiger partial charge in [-0.2, -0.15) is 0 Å². The first-order valence-corrected chi connectivity index (χ1v) is 11.2. The first-order chi connectivity index (χ1) is 14.7. The molecule has 30 heavy (non-hydrogen) atoms. The van der Waals surface area contributed by atoms with Crippen LogP contribution in [-0.2, 0) is 6.42 Å².